The lowest BCUT2D eigenvalue weighted by Gasteiger charge is -2.24. The Morgan fingerprint density at radius 2 is 2.22 bits per heavy atom. The number of nitrogens with one attached hydrogen (secondary N) is 3. The number of hydrogen-bond donors (Lipinski definition) is 3. The average Bonchev–Trinajstić information content (AvgIpc) is 3.22. The van der Waals surface area contributed by atoms with Gasteiger partial charge < -0.3 is 14.9 Å². The topological polar surface area (TPSA) is 99.2 Å². The van der Waals surface area contributed by atoms with E-state index in [2.05, 4.69) is 25.4 Å². The summed E-state index contributed by atoms with van der Waals surface area (Å²) in [5.74, 6) is 0.528. The third kappa shape index (κ3) is 4.54. The van der Waals surface area contributed by atoms with Crippen LogP contribution in [0.25, 0.3) is 0 Å². The van der Waals surface area contributed by atoms with Crippen LogP contribution in [0.5, 0.6) is 0 Å². The largest absolute Gasteiger partial charge is 0.327 e. The maximum atomic E-state index is 13.5. The summed E-state index contributed by atoms with van der Waals surface area (Å²) in [6.07, 6.45) is 4.99. The number of carbonyl (C=O) groups is 1. The number of hydrogen-bond acceptors (Lipinski definition) is 4. The minimum atomic E-state index is -2.66. The Hall–Kier alpha value is -2.24. The Labute approximate surface area is 159 Å². The smallest absolute Gasteiger partial charge is 0.228 e. The van der Waals surface area contributed by atoms with Crippen molar-refractivity contribution in [1.29, 1.82) is 0 Å². The standard InChI is InChI=1S/C19H26N5O2P/c1-4-22-27(26,5-2)16(12-21-19-20-11-13(3)23-19)9-14-6-7-17-15(8-14)10-18(25)24-17/h6-8,11-12,16H,4-5,9-10H2,1-3H3,(H,20,23)(H,22,26)(H,24,25). The predicted octanol–water partition coefficient (Wildman–Crippen LogP) is 3.43. The van der Waals surface area contributed by atoms with Gasteiger partial charge in [0.05, 0.1) is 12.1 Å². The van der Waals surface area contributed by atoms with Crippen LogP contribution in [0.1, 0.15) is 30.7 Å². The van der Waals surface area contributed by atoms with Gasteiger partial charge in [-0.15, -0.1) is 0 Å². The first-order chi connectivity index (χ1) is 12.9. The van der Waals surface area contributed by atoms with Crippen LogP contribution in [-0.4, -0.2) is 40.5 Å². The van der Waals surface area contributed by atoms with Gasteiger partial charge in [0.1, 0.15) is 0 Å². The van der Waals surface area contributed by atoms with Crippen molar-refractivity contribution in [3.8, 4) is 0 Å². The number of nitrogens with zero attached hydrogens (tertiary/aromatic N) is 2. The summed E-state index contributed by atoms with van der Waals surface area (Å²) in [7, 11) is -2.66. The van der Waals surface area contributed by atoms with E-state index in [-0.39, 0.29) is 11.6 Å². The molecule has 7 nitrogen and oxygen atoms in total. The lowest BCUT2D eigenvalue weighted by atomic mass is 10.0. The maximum absolute atomic E-state index is 13.5. The number of aromatic nitrogens is 2. The molecule has 8 heteroatoms. The lowest BCUT2D eigenvalue weighted by Crippen LogP contribution is -2.25. The molecule has 2 aromatic rings. The Morgan fingerprint density at radius 3 is 2.89 bits per heavy atom. The number of aliphatic imine (C=N–C) groups is 1. The van der Waals surface area contributed by atoms with E-state index in [4.69, 9.17) is 0 Å². The van der Waals surface area contributed by atoms with Gasteiger partial charge in [-0.2, -0.15) is 0 Å². The van der Waals surface area contributed by atoms with Gasteiger partial charge in [-0.3, -0.25) is 9.88 Å². The van der Waals surface area contributed by atoms with E-state index < -0.39 is 7.29 Å². The SMILES string of the molecule is CCNP(=O)(CC)C(C=Nc1ncc(C)[nH]1)Cc1ccc2c(c1)CC(=O)N2. The molecule has 3 rings (SSSR count). The van der Waals surface area contributed by atoms with Crippen molar-refractivity contribution in [2.24, 2.45) is 4.99 Å². The lowest BCUT2D eigenvalue weighted by molar-refractivity contribution is -0.115. The molecule has 0 aliphatic carbocycles. The van der Waals surface area contributed by atoms with Gasteiger partial charge in [0.2, 0.25) is 11.9 Å². The first kappa shape index (κ1) is 19.5. The van der Waals surface area contributed by atoms with E-state index in [9.17, 15) is 9.36 Å². The number of rotatable bonds is 8. The number of anilines is 1. The molecule has 2 unspecified atom stereocenters. The molecule has 1 aromatic carbocycles. The van der Waals surface area contributed by atoms with Gasteiger partial charge >= 0.3 is 0 Å². The average molecular weight is 387 g/mol. The van der Waals surface area contributed by atoms with Crippen molar-refractivity contribution in [2.75, 3.05) is 18.0 Å². The van der Waals surface area contributed by atoms with Gasteiger partial charge in [-0.25, -0.2) is 9.98 Å². The van der Waals surface area contributed by atoms with Crippen molar-refractivity contribution in [3.63, 3.8) is 0 Å². The molecule has 1 aromatic heterocycles. The van der Waals surface area contributed by atoms with Gasteiger partial charge in [0, 0.05) is 30.0 Å². The summed E-state index contributed by atoms with van der Waals surface area (Å²) < 4.78 is 13.5. The van der Waals surface area contributed by atoms with Crippen LogP contribution in [0, 0.1) is 6.92 Å². The van der Waals surface area contributed by atoms with E-state index in [1.165, 1.54) is 0 Å². The first-order valence-electron chi connectivity index (χ1n) is 9.25. The highest BCUT2D eigenvalue weighted by molar-refractivity contribution is 7.63. The van der Waals surface area contributed by atoms with E-state index >= 15 is 0 Å². The van der Waals surface area contributed by atoms with Crippen molar-refractivity contribution >= 4 is 31.1 Å². The molecule has 0 fully saturated rings. The summed E-state index contributed by atoms with van der Waals surface area (Å²) in [5, 5.41) is 6.04. The Balaban J connectivity index is 1.87. The number of aromatic amines is 1. The highest BCUT2D eigenvalue weighted by Crippen LogP contribution is 2.46. The normalized spacial score (nSPS) is 16.9. The van der Waals surface area contributed by atoms with Crippen LogP contribution in [-0.2, 0) is 22.2 Å². The van der Waals surface area contributed by atoms with Gasteiger partial charge in [0.25, 0.3) is 0 Å². The zero-order chi connectivity index (χ0) is 19.4. The summed E-state index contributed by atoms with van der Waals surface area (Å²) >= 11 is 0. The molecular weight excluding hydrogens is 361 g/mol. The molecule has 1 aliphatic heterocycles. The minimum Gasteiger partial charge on any atom is -0.327 e. The molecule has 144 valence electrons. The molecule has 2 heterocycles. The number of fused-ring (bicyclic) bond motifs is 1. The van der Waals surface area contributed by atoms with Gasteiger partial charge in [-0.05, 0) is 37.1 Å². The molecule has 0 saturated carbocycles. The molecular formula is C19H26N5O2P. The molecule has 3 N–H and O–H groups in total. The van der Waals surface area contributed by atoms with E-state index in [0.717, 1.165) is 22.5 Å². The summed E-state index contributed by atoms with van der Waals surface area (Å²) in [6, 6.07) is 5.93. The van der Waals surface area contributed by atoms with Crippen LogP contribution >= 0.6 is 7.29 Å². The molecule has 1 amide bonds. The monoisotopic (exact) mass is 387 g/mol. The van der Waals surface area contributed by atoms with E-state index in [1.807, 2.05) is 39.0 Å². The number of benzene rings is 1. The Kier molecular flexibility index (Phi) is 5.92. The van der Waals surface area contributed by atoms with E-state index in [0.29, 0.717) is 31.5 Å². The Morgan fingerprint density at radius 1 is 1.41 bits per heavy atom. The summed E-state index contributed by atoms with van der Waals surface area (Å²) in [4.78, 5) is 23.3. The minimum absolute atomic E-state index is 0.0142. The van der Waals surface area contributed by atoms with Crippen LogP contribution < -0.4 is 10.4 Å². The first-order valence-corrected chi connectivity index (χ1v) is 11.2. The maximum Gasteiger partial charge on any atom is 0.228 e. The fourth-order valence-corrected chi connectivity index (χ4v) is 5.56. The summed E-state index contributed by atoms with van der Waals surface area (Å²) in [6.45, 7) is 6.45. The van der Waals surface area contributed by atoms with Crippen molar-refractivity contribution in [3.05, 3.63) is 41.2 Å². The molecule has 27 heavy (non-hydrogen) atoms. The Bertz CT molecular complexity index is 905. The fraction of sp³-hybridized carbons (Fsp3) is 0.421. The number of H-pyrrole nitrogens is 1. The zero-order valence-corrected chi connectivity index (χ0v) is 16.8. The molecule has 0 radical (unpaired) electrons. The number of aryl methyl sites for hydroxylation is 1. The number of imidazole rings is 1. The van der Waals surface area contributed by atoms with Crippen LogP contribution in [0.4, 0.5) is 11.6 Å². The quantitative estimate of drug-likeness (QED) is 0.477. The molecule has 0 bridgehead atoms. The number of amides is 1. The van der Waals surface area contributed by atoms with E-state index in [1.54, 1.807) is 12.4 Å². The molecule has 1 aliphatic rings. The highest BCUT2D eigenvalue weighted by Gasteiger charge is 2.30. The second kappa shape index (κ2) is 8.19. The second-order valence-electron chi connectivity index (χ2n) is 6.78. The number of carbonyl (C=O) groups excluding carboxylic acids is 1. The second-order valence-corrected chi connectivity index (χ2v) is 9.98. The molecule has 2 atom stereocenters. The van der Waals surface area contributed by atoms with Crippen LogP contribution in [0.2, 0.25) is 0 Å². The predicted molar refractivity (Wildman–Crippen MR) is 110 cm³/mol. The molecule has 0 saturated heterocycles. The van der Waals surface area contributed by atoms with Gasteiger partial charge in [-0.1, -0.05) is 26.0 Å². The van der Waals surface area contributed by atoms with Crippen molar-refractivity contribution in [1.82, 2.24) is 15.1 Å². The highest BCUT2D eigenvalue weighted by atomic mass is 31.2. The van der Waals surface area contributed by atoms with Crippen molar-refractivity contribution in [2.45, 2.75) is 39.3 Å². The van der Waals surface area contributed by atoms with Crippen LogP contribution in [0.15, 0.2) is 29.4 Å². The zero-order valence-electron chi connectivity index (χ0n) is 16.0. The van der Waals surface area contributed by atoms with Crippen LogP contribution in [0.3, 0.4) is 0 Å². The molecule has 0 spiro atoms. The third-order valence-electron chi connectivity index (χ3n) is 4.73. The third-order valence-corrected chi connectivity index (χ3v) is 7.91. The summed E-state index contributed by atoms with van der Waals surface area (Å²) in [5.41, 5.74) is 3.58. The van der Waals surface area contributed by atoms with Gasteiger partial charge in [0.15, 0.2) is 7.29 Å². The van der Waals surface area contributed by atoms with Crippen molar-refractivity contribution < 1.29 is 9.36 Å². The fourth-order valence-electron chi connectivity index (χ4n) is 3.31.